The molecule has 1 unspecified atom stereocenters. The molecule has 0 saturated heterocycles. The number of para-hydroxylation sites is 1. The smallest absolute Gasteiger partial charge is 0.237 e. The van der Waals surface area contributed by atoms with E-state index < -0.39 is 6.04 Å². The summed E-state index contributed by atoms with van der Waals surface area (Å²) in [5.74, 6) is 0.0745. The molecule has 1 aromatic carbocycles. The maximum Gasteiger partial charge on any atom is 0.237 e. The number of carbonyl (C=O) groups excluding carboxylic acids is 1. The highest BCUT2D eigenvalue weighted by Gasteiger charge is 2.18. The lowest BCUT2D eigenvalue weighted by molar-refractivity contribution is -0.123. The number of benzene rings is 1. The molecule has 1 rings (SSSR count). The molecule has 1 amide bonds. The number of hydrogen-bond acceptors (Lipinski definition) is 3. The quantitative estimate of drug-likeness (QED) is 0.845. The minimum Gasteiger partial charge on any atom is -0.370 e. The van der Waals surface area contributed by atoms with Crippen molar-refractivity contribution in [1.29, 1.82) is 0 Å². The first-order valence-corrected chi connectivity index (χ1v) is 6.74. The minimum absolute atomic E-state index is 0. The van der Waals surface area contributed by atoms with E-state index in [1.165, 1.54) is 0 Å². The van der Waals surface area contributed by atoms with Crippen molar-refractivity contribution in [2.75, 3.05) is 18.5 Å². The molecular formula is C15H26ClN3O. The second-order valence-electron chi connectivity index (χ2n) is 5.31. The van der Waals surface area contributed by atoms with E-state index in [9.17, 15) is 4.79 Å². The van der Waals surface area contributed by atoms with Gasteiger partial charge in [0.2, 0.25) is 5.91 Å². The van der Waals surface area contributed by atoms with E-state index in [1.807, 2.05) is 39.1 Å². The number of hydrogen-bond donors (Lipinski definition) is 2. The Kier molecular flexibility index (Phi) is 8.26. The molecule has 0 fully saturated rings. The van der Waals surface area contributed by atoms with Gasteiger partial charge in [-0.3, -0.25) is 4.79 Å². The highest BCUT2D eigenvalue weighted by Crippen LogP contribution is 2.13. The number of nitrogens with two attached hydrogens (primary N) is 1. The first-order valence-electron chi connectivity index (χ1n) is 6.74. The number of anilines is 1. The van der Waals surface area contributed by atoms with Crippen LogP contribution >= 0.6 is 12.4 Å². The zero-order chi connectivity index (χ0) is 14.4. The van der Waals surface area contributed by atoms with Gasteiger partial charge in [0, 0.05) is 25.3 Å². The monoisotopic (exact) mass is 299 g/mol. The van der Waals surface area contributed by atoms with Crippen LogP contribution in [0.1, 0.15) is 20.8 Å². The van der Waals surface area contributed by atoms with Gasteiger partial charge in [0.15, 0.2) is 0 Å². The fourth-order valence-corrected chi connectivity index (χ4v) is 1.72. The van der Waals surface area contributed by atoms with Crippen LogP contribution in [-0.2, 0) is 4.79 Å². The van der Waals surface area contributed by atoms with Crippen molar-refractivity contribution in [1.82, 2.24) is 5.32 Å². The third-order valence-corrected chi connectivity index (χ3v) is 3.42. The normalized spacial score (nSPS) is 13.3. The maximum atomic E-state index is 11.8. The van der Waals surface area contributed by atoms with Crippen molar-refractivity contribution in [2.24, 2.45) is 11.7 Å². The van der Waals surface area contributed by atoms with Crippen LogP contribution in [0, 0.1) is 5.92 Å². The van der Waals surface area contributed by atoms with E-state index in [-0.39, 0.29) is 30.3 Å². The molecule has 0 aliphatic rings. The predicted molar refractivity (Wildman–Crippen MR) is 87.4 cm³/mol. The third kappa shape index (κ3) is 5.39. The van der Waals surface area contributed by atoms with Crippen LogP contribution in [0.4, 0.5) is 5.69 Å². The lowest BCUT2D eigenvalue weighted by atomic mass is 10.0. The summed E-state index contributed by atoms with van der Waals surface area (Å²) in [6, 6.07) is 9.89. The van der Waals surface area contributed by atoms with E-state index in [4.69, 9.17) is 5.73 Å². The van der Waals surface area contributed by atoms with E-state index >= 15 is 0 Å². The number of likely N-dealkylation sites (N-methyl/N-ethyl adjacent to an activating group) is 1. The average molecular weight is 300 g/mol. The molecule has 4 nitrogen and oxygen atoms in total. The molecule has 1 aromatic rings. The zero-order valence-corrected chi connectivity index (χ0v) is 13.5. The molecule has 0 saturated carbocycles. The summed E-state index contributed by atoms with van der Waals surface area (Å²) in [4.78, 5) is 13.9. The van der Waals surface area contributed by atoms with Gasteiger partial charge in [-0.1, -0.05) is 32.0 Å². The Hall–Kier alpha value is -1.26. The van der Waals surface area contributed by atoms with Crippen LogP contribution in [0.3, 0.4) is 0 Å². The standard InChI is InChI=1S/C15H25N3O.ClH/c1-11(2)14(16)15(19)17-10-12(3)18(4)13-8-6-5-7-9-13;/h5-9,11-12,14H,10,16H2,1-4H3,(H,17,19);1H/t12?,14-;/m0./s1. The Morgan fingerprint density at radius 2 is 1.80 bits per heavy atom. The number of amides is 1. The molecule has 20 heavy (non-hydrogen) atoms. The van der Waals surface area contributed by atoms with Gasteiger partial charge in [-0.25, -0.2) is 0 Å². The summed E-state index contributed by atoms with van der Waals surface area (Å²) in [5.41, 5.74) is 6.94. The molecule has 2 atom stereocenters. The Balaban J connectivity index is 0.00000361. The van der Waals surface area contributed by atoms with Crippen molar-refractivity contribution in [3.63, 3.8) is 0 Å². The van der Waals surface area contributed by atoms with Crippen molar-refractivity contribution >= 4 is 24.0 Å². The first kappa shape index (κ1) is 18.7. The number of nitrogens with zero attached hydrogens (tertiary/aromatic N) is 1. The molecule has 0 aromatic heterocycles. The van der Waals surface area contributed by atoms with Crippen molar-refractivity contribution in [3.8, 4) is 0 Å². The van der Waals surface area contributed by atoms with E-state index in [2.05, 4.69) is 29.3 Å². The zero-order valence-electron chi connectivity index (χ0n) is 12.7. The summed E-state index contributed by atoms with van der Waals surface area (Å²) in [6.07, 6.45) is 0. The maximum absolute atomic E-state index is 11.8. The molecule has 3 N–H and O–H groups in total. The molecule has 0 aliphatic carbocycles. The fraction of sp³-hybridized carbons (Fsp3) is 0.533. The number of nitrogens with one attached hydrogen (secondary N) is 1. The molecule has 114 valence electrons. The van der Waals surface area contributed by atoms with Gasteiger partial charge in [-0.2, -0.15) is 0 Å². The first-order chi connectivity index (χ1) is 8.93. The summed E-state index contributed by atoms with van der Waals surface area (Å²) in [5, 5.41) is 2.91. The second-order valence-corrected chi connectivity index (χ2v) is 5.31. The highest BCUT2D eigenvalue weighted by atomic mass is 35.5. The van der Waals surface area contributed by atoms with Gasteiger partial charge in [-0.15, -0.1) is 12.4 Å². The molecule has 0 heterocycles. The molecular weight excluding hydrogens is 274 g/mol. The van der Waals surface area contributed by atoms with Crippen molar-refractivity contribution < 1.29 is 4.79 Å². The Bertz CT molecular complexity index is 397. The van der Waals surface area contributed by atoms with Gasteiger partial charge >= 0.3 is 0 Å². The van der Waals surface area contributed by atoms with Crippen LogP contribution in [0.5, 0.6) is 0 Å². The van der Waals surface area contributed by atoms with Crippen LogP contribution in [-0.4, -0.2) is 31.6 Å². The largest absolute Gasteiger partial charge is 0.370 e. The SMILES string of the molecule is CC(C)[C@H](N)C(=O)NCC(C)N(C)c1ccccc1.Cl. The Labute approximate surface area is 128 Å². The lowest BCUT2D eigenvalue weighted by Crippen LogP contribution is -2.48. The van der Waals surface area contributed by atoms with Crippen molar-refractivity contribution in [2.45, 2.75) is 32.9 Å². The Morgan fingerprint density at radius 1 is 1.25 bits per heavy atom. The fourth-order valence-electron chi connectivity index (χ4n) is 1.72. The summed E-state index contributed by atoms with van der Waals surface area (Å²) in [7, 11) is 2.02. The van der Waals surface area contributed by atoms with Crippen LogP contribution in [0.2, 0.25) is 0 Å². The third-order valence-electron chi connectivity index (χ3n) is 3.42. The van der Waals surface area contributed by atoms with Gasteiger partial charge in [-0.05, 0) is 25.0 Å². The van der Waals surface area contributed by atoms with Crippen LogP contribution < -0.4 is 16.0 Å². The van der Waals surface area contributed by atoms with Crippen LogP contribution in [0.25, 0.3) is 0 Å². The predicted octanol–water partition coefficient (Wildman–Crippen LogP) is 2.03. The second kappa shape index (κ2) is 8.82. The number of rotatable bonds is 6. The van der Waals surface area contributed by atoms with Crippen molar-refractivity contribution in [3.05, 3.63) is 30.3 Å². The molecule has 0 aliphatic heterocycles. The van der Waals surface area contributed by atoms with Gasteiger partial charge in [0.1, 0.15) is 0 Å². The topological polar surface area (TPSA) is 58.4 Å². The summed E-state index contributed by atoms with van der Waals surface area (Å²) in [6.45, 7) is 6.56. The number of halogens is 1. The van der Waals surface area contributed by atoms with Gasteiger partial charge in [0.25, 0.3) is 0 Å². The van der Waals surface area contributed by atoms with Gasteiger partial charge in [0.05, 0.1) is 6.04 Å². The molecule has 0 spiro atoms. The van der Waals surface area contributed by atoms with E-state index in [0.717, 1.165) is 5.69 Å². The lowest BCUT2D eigenvalue weighted by Gasteiger charge is -2.28. The molecule has 0 bridgehead atoms. The van der Waals surface area contributed by atoms with Gasteiger partial charge < -0.3 is 16.0 Å². The number of carbonyl (C=O) groups is 1. The Morgan fingerprint density at radius 3 is 2.30 bits per heavy atom. The van der Waals surface area contributed by atoms with E-state index in [0.29, 0.717) is 6.54 Å². The minimum atomic E-state index is -0.436. The van der Waals surface area contributed by atoms with E-state index in [1.54, 1.807) is 0 Å². The highest BCUT2D eigenvalue weighted by molar-refractivity contribution is 5.85. The summed E-state index contributed by atoms with van der Waals surface area (Å²) >= 11 is 0. The molecule has 0 radical (unpaired) electrons. The van der Waals surface area contributed by atoms with Crippen LogP contribution in [0.15, 0.2) is 30.3 Å². The molecule has 5 heteroatoms. The average Bonchev–Trinajstić information content (AvgIpc) is 2.43. The summed E-state index contributed by atoms with van der Waals surface area (Å²) < 4.78 is 0.